The topological polar surface area (TPSA) is 35.5 Å². The number of carbonyl (C=O) groups is 1. The molecule has 1 atom stereocenters. The van der Waals surface area contributed by atoms with Crippen LogP contribution >= 0.6 is 31.9 Å². The molecule has 0 aromatic heterocycles. The van der Waals surface area contributed by atoms with Crippen LogP contribution in [0.25, 0.3) is 0 Å². The molecule has 2 aromatic carbocycles. The van der Waals surface area contributed by atoms with Gasteiger partial charge in [-0.1, -0.05) is 35.8 Å². The summed E-state index contributed by atoms with van der Waals surface area (Å²) in [6.45, 7) is 6.10. The van der Waals surface area contributed by atoms with Crippen molar-refractivity contribution in [3.63, 3.8) is 0 Å². The van der Waals surface area contributed by atoms with Crippen molar-refractivity contribution in [1.29, 1.82) is 0 Å². The van der Waals surface area contributed by atoms with Gasteiger partial charge in [-0.3, -0.25) is 0 Å². The summed E-state index contributed by atoms with van der Waals surface area (Å²) in [5, 5.41) is 0. The fraction of sp³-hybridized carbons (Fsp3) is 0.316. The Labute approximate surface area is 159 Å². The molecule has 5 heteroatoms. The highest BCUT2D eigenvalue weighted by Crippen LogP contribution is 2.30. The van der Waals surface area contributed by atoms with Crippen LogP contribution in [-0.4, -0.2) is 12.6 Å². The highest BCUT2D eigenvalue weighted by molar-refractivity contribution is 9.10. The normalized spacial score (nSPS) is 11.9. The zero-order valence-electron chi connectivity index (χ0n) is 13.9. The molecule has 128 valence electrons. The lowest BCUT2D eigenvalue weighted by atomic mass is 9.99. The van der Waals surface area contributed by atoms with Crippen LogP contribution in [0.15, 0.2) is 45.3 Å². The summed E-state index contributed by atoms with van der Waals surface area (Å²) in [6, 6.07) is 11.4. The Bertz CT molecular complexity index is 729. The van der Waals surface area contributed by atoms with Crippen LogP contribution in [0.2, 0.25) is 0 Å². The standard InChI is InChI=1S/C19H20Br2O3/c1-4-12(2)14-5-7-18(16(21)10-14)24-19(22)11-23-17-8-6-15(20)9-13(17)3/h5-10,12H,4,11H2,1-3H3. The van der Waals surface area contributed by atoms with Crippen molar-refractivity contribution in [1.82, 2.24) is 0 Å². The van der Waals surface area contributed by atoms with E-state index in [0.29, 0.717) is 17.4 Å². The van der Waals surface area contributed by atoms with E-state index in [1.54, 1.807) is 0 Å². The molecule has 0 heterocycles. The summed E-state index contributed by atoms with van der Waals surface area (Å²) in [7, 11) is 0. The predicted octanol–water partition coefficient (Wildman–Crippen LogP) is 6.02. The SMILES string of the molecule is CCC(C)c1ccc(OC(=O)COc2ccc(Br)cc2C)c(Br)c1. The summed E-state index contributed by atoms with van der Waals surface area (Å²) >= 11 is 6.86. The Kier molecular flexibility index (Phi) is 6.87. The van der Waals surface area contributed by atoms with Gasteiger partial charge < -0.3 is 9.47 Å². The van der Waals surface area contributed by atoms with E-state index in [9.17, 15) is 4.79 Å². The van der Waals surface area contributed by atoms with Crippen molar-refractivity contribution in [3.05, 3.63) is 56.5 Å². The van der Waals surface area contributed by atoms with Gasteiger partial charge in [0.15, 0.2) is 6.61 Å². The lowest BCUT2D eigenvalue weighted by molar-refractivity contribution is -0.136. The molecule has 2 rings (SSSR count). The highest BCUT2D eigenvalue weighted by Gasteiger charge is 2.12. The van der Waals surface area contributed by atoms with E-state index >= 15 is 0 Å². The summed E-state index contributed by atoms with van der Waals surface area (Å²) in [5.41, 5.74) is 2.17. The maximum atomic E-state index is 12.0. The molecule has 0 spiro atoms. The van der Waals surface area contributed by atoms with Crippen LogP contribution in [0.1, 0.15) is 37.3 Å². The number of hydrogen-bond donors (Lipinski definition) is 0. The molecule has 0 saturated carbocycles. The van der Waals surface area contributed by atoms with Crippen LogP contribution in [0.3, 0.4) is 0 Å². The van der Waals surface area contributed by atoms with Crippen LogP contribution in [0.5, 0.6) is 11.5 Å². The zero-order valence-corrected chi connectivity index (χ0v) is 17.1. The first-order chi connectivity index (χ1) is 11.4. The molecule has 0 fully saturated rings. The maximum Gasteiger partial charge on any atom is 0.349 e. The van der Waals surface area contributed by atoms with Gasteiger partial charge in [0, 0.05) is 4.47 Å². The monoisotopic (exact) mass is 454 g/mol. The first kappa shape index (κ1) is 19.0. The van der Waals surface area contributed by atoms with Gasteiger partial charge in [-0.2, -0.15) is 0 Å². The van der Waals surface area contributed by atoms with Gasteiger partial charge in [0.1, 0.15) is 11.5 Å². The Balaban J connectivity index is 1.97. The molecule has 24 heavy (non-hydrogen) atoms. The molecule has 0 radical (unpaired) electrons. The third kappa shape index (κ3) is 5.08. The van der Waals surface area contributed by atoms with Crippen molar-refractivity contribution in [3.8, 4) is 11.5 Å². The fourth-order valence-electron chi connectivity index (χ4n) is 2.21. The molecule has 2 aromatic rings. The van der Waals surface area contributed by atoms with E-state index in [0.717, 1.165) is 20.9 Å². The van der Waals surface area contributed by atoms with Crippen LogP contribution < -0.4 is 9.47 Å². The minimum Gasteiger partial charge on any atom is -0.482 e. The smallest absolute Gasteiger partial charge is 0.349 e. The number of rotatable bonds is 6. The van der Waals surface area contributed by atoms with Crippen molar-refractivity contribution < 1.29 is 14.3 Å². The van der Waals surface area contributed by atoms with Gasteiger partial charge in [-0.05, 0) is 76.7 Å². The van der Waals surface area contributed by atoms with E-state index in [1.807, 2.05) is 43.3 Å². The number of halogens is 2. The number of aryl methyl sites for hydroxylation is 1. The molecule has 0 aliphatic heterocycles. The number of esters is 1. The van der Waals surface area contributed by atoms with Crippen LogP contribution in [-0.2, 0) is 4.79 Å². The third-order valence-electron chi connectivity index (χ3n) is 3.84. The summed E-state index contributed by atoms with van der Waals surface area (Å²) in [4.78, 5) is 12.0. The van der Waals surface area contributed by atoms with Crippen LogP contribution in [0.4, 0.5) is 0 Å². The van der Waals surface area contributed by atoms with Crippen molar-refractivity contribution >= 4 is 37.8 Å². The first-order valence-corrected chi connectivity index (χ1v) is 9.38. The van der Waals surface area contributed by atoms with Gasteiger partial charge >= 0.3 is 5.97 Å². The van der Waals surface area contributed by atoms with Crippen molar-refractivity contribution in [2.45, 2.75) is 33.1 Å². The molecular weight excluding hydrogens is 436 g/mol. The lowest BCUT2D eigenvalue weighted by Gasteiger charge is -2.13. The van der Waals surface area contributed by atoms with Gasteiger partial charge in [0.2, 0.25) is 0 Å². The van der Waals surface area contributed by atoms with E-state index in [1.165, 1.54) is 5.56 Å². The summed E-state index contributed by atoms with van der Waals surface area (Å²) < 4.78 is 12.7. The van der Waals surface area contributed by atoms with Crippen LogP contribution in [0, 0.1) is 6.92 Å². The highest BCUT2D eigenvalue weighted by atomic mass is 79.9. The maximum absolute atomic E-state index is 12.0. The second-order valence-electron chi connectivity index (χ2n) is 5.67. The molecule has 0 amide bonds. The largest absolute Gasteiger partial charge is 0.482 e. The minimum absolute atomic E-state index is 0.137. The third-order valence-corrected chi connectivity index (χ3v) is 4.96. The average Bonchev–Trinajstić information content (AvgIpc) is 2.55. The quantitative estimate of drug-likeness (QED) is 0.394. The van der Waals surface area contributed by atoms with Gasteiger partial charge in [-0.25, -0.2) is 4.79 Å². The Morgan fingerprint density at radius 3 is 2.46 bits per heavy atom. The average molecular weight is 456 g/mol. The van der Waals surface area contributed by atoms with E-state index in [-0.39, 0.29) is 6.61 Å². The van der Waals surface area contributed by atoms with E-state index < -0.39 is 5.97 Å². The number of hydrogen-bond acceptors (Lipinski definition) is 3. The Morgan fingerprint density at radius 1 is 1.12 bits per heavy atom. The predicted molar refractivity (Wildman–Crippen MR) is 103 cm³/mol. The Hall–Kier alpha value is -1.33. The van der Waals surface area contributed by atoms with Gasteiger partial charge in [0.05, 0.1) is 4.47 Å². The molecule has 0 bridgehead atoms. The molecule has 3 nitrogen and oxygen atoms in total. The second kappa shape index (κ2) is 8.67. The molecular formula is C19H20Br2O3. The van der Waals surface area contributed by atoms with Gasteiger partial charge in [-0.15, -0.1) is 0 Å². The van der Waals surface area contributed by atoms with Crippen molar-refractivity contribution in [2.75, 3.05) is 6.61 Å². The summed E-state index contributed by atoms with van der Waals surface area (Å²) in [5.74, 6) is 1.20. The molecule has 0 aliphatic carbocycles. The fourth-order valence-corrected chi connectivity index (χ4v) is 3.16. The number of carbonyl (C=O) groups excluding carboxylic acids is 1. The van der Waals surface area contributed by atoms with E-state index in [2.05, 4.69) is 45.7 Å². The van der Waals surface area contributed by atoms with Crippen molar-refractivity contribution in [2.24, 2.45) is 0 Å². The molecule has 0 saturated heterocycles. The summed E-state index contributed by atoms with van der Waals surface area (Å²) in [6.07, 6.45) is 1.06. The number of benzene rings is 2. The second-order valence-corrected chi connectivity index (χ2v) is 7.44. The van der Waals surface area contributed by atoms with Gasteiger partial charge in [0.25, 0.3) is 0 Å². The van der Waals surface area contributed by atoms with E-state index in [4.69, 9.17) is 9.47 Å². The number of ether oxygens (including phenoxy) is 2. The Morgan fingerprint density at radius 2 is 1.83 bits per heavy atom. The molecule has 1 unspecified atom stereocenters. The molecule has 0 aliphatic rings. The zero-order chi connectivity index (χ0) is 17.7. The molecule has 0 N–H and O–H groups in total. The lowest BCUT2D eigenvalue weighted by Crippen LogP contribution is -2.18. The minimum atomic E-state index is -0.436. The first-order valence-electron chi connectivity index (χ1n) is 7.79.